The van der Waals surface area contributed by atoms with Gasteiger partial charge in [0.05, 0.1) is 43.0 Å². The van der Waals surface area contributed by atoms with E-state index in [-0.39, 0.29) is 43.1 Å². The molecule has 3 aliphatic heterocycles. The highest BCUT2D eigenvalue weighted by Gasteiger charge is 2.51. The maximum atomic E-state index is 13.6. The number of carbonyl (C=O) groups is 2. The summed E-state index contributed by atoms with van der Waals surface area (Å²) in [6, 6.07) is -0.181. The van der Waals surface area contributed by atoms with Gasteiger partial charge in [-0.05, 0) is 78.0 Å². The maximum absolute atomic E-state index is 13.6. The fraction of sp³-hybridized carbons (Fsp3) is 0.857. The minimum absolute atomic E-state index is 0.0668. The van der Waals surface area contributed by atoms with Gasteiger partial charge >= 0.3 is 5.97 Å². The van der Waals surface area contributed by atoms with Crippen LogP contribution in [0.2, 0.25) is 0 Å². The summed E-state index contributed by atoms with van der Waals surface area (Å²) < 4.78 is 32.2. The number of hydrogen-bond donors (Lipinski definition) is 2. The Labute approximate surface area is 276 Å². The third-order valence-electron chi connectivity index (χ3n) is 10.2. The average molecular weight is 653 g/mol. The molecular weight excluding hydrogens is 592 g/mol. The van der Waals surface area contributed by atoms with Crippen LogP contribution in [0.4, 0.5) is 0 Å². The van der Waals surface area contributed by atoms with Crippen molar-refractivity contribution in [3.63, 3.8) is 0 Å². The monoisotopic (exact) mass is 652 g/mol. The number of fused-ring (bicyclic) bond motifs is 5. The van der Waals surface area contributed by atoms with E-state index in [0.29, 0.717) is 37.0 Å². The van der Waals surface area contributed by atoms with Crippen molar-refractivity contribution >= 4 is 17.6 Å². The Kier molecular flexibility index (Phi) is 13.2. The summed E-state index contributed by atoms with van der Waals surface area (Å²) in [7, 11) is 3.85. The van der Waals surface area contributed by atoms with E-state index in [2.05, 4.69) is 11.6 Å². The zero-order valence-electron chi connectivity index (χ0n) is 29.9. The Morgan fingerprint density at radius 2 is 1.76 bits per heavy atom. The van der Waals surface area contributed by atoms with Gasteiger partial charge in [0.25, 0.3) is 0 Å². The number of aliphatic hydroxyl groups excluding tert-OH is 1. The lowest BCUT2D eigenvalue weighted by atomic mass is 9.74. The van der Waals surface area contributed by atoms with Crippen molar-refractivity contribution in [2.45, 2.75) is 142 Å². The first-order valence-electron chi connectivity index (χ1n) is 16.9. The number of ether oxygens (including phenoxy) is 5. The summed E-state index contributed by atoms with van der Waals surface area (Å²) >= 11 is 0. The van der Waals surface area contributed by atoms with Gasteiger partial charge in [-0.2, -0.15) is 0 Å². The minimum Gasteiger partial charge on any atom is -0.459 e. The van der Waals surface area contributed by atoms with Gasteiger partial charge in [-0.15, -0.1) is 0 Å². The molecule has 2 bridgehead atoms. The third kappa shape index (κ3) is 8.84. The smallest absolute Gasteiger partial charge is 0.309 e. The van der Waals surface area contributed by atoms with E-state index >= 15 is 0 Å². The van der Waals surface area contributed by atoms with Crippen LogP contribution in [0.5, 0.6) is 0 Å². The van der Waals surface area contributed by atoms with Gasteiger partial charge in [-0.3, -0.25) is 9.59 Å². The van der Waals surface area contributed by atoms with Crippen molar-refractivity contribution in [3.8, 4) is 0 Å². The van der Waals surface area contributed by atoms with Gasteiger partial charge < -0.3 is 38.8 Å². The zero-order valence-corrected chi connectivity index (χ0v) is 29.9. The quantitative estimate of drug-likeness (QED) is 0.340. The van der Waals surface area contributed by atoms with Crippen LogP contribution in [0.25, 0.3) is 0 Å². The summed E-state index contributed by atoms with van der Waals surface area (Å²) in [5.74, 6) is -2.48. The molecule has 3 saturated heterocycles. The first-order valence-corrected chi connectivity index (χ1v) is 16.9. The van der Waals surface area contributed by atoms with Gasteiger partial charge in [0.15, 0.2) is 6.29 Å². The molecule has 3 rings (SSSR count). The molecule has 0 aromatic rings. The number of carbonyl (C=O) groups excluding carboxylic acids is 2. The molecule has 0 saturated carbocycles. The van der Waals surface area contributed by atoms with Gasteiger partial charge in [-0.1, -0.05) is 41.2 Å². The number of nitrogens with zero attached hydrogens (tertiary/aromatic N) is 2. The lowest BCUT2D eigenvalue weighted by Crippen LogP contribution is -2.59. The molecule has 46 heavy (non-hydrogen) atoms. The van der Waals surface area contributed by atoms with Gasteiger partial charge in [0, 0.05) is 24.6 Å². The molecule has 0 aromatic carbocycles. The van der Waals surface area contributed by atoms with Crippen LogP contribution in [0.15, 0.2) is 17.1 Å². The molecule has 0 spiro atoms. The number of hydrogen-bond acceptors (Lipinski definition) is 10. The molecule has 0 unspecified atom stereocenters. The lowest BCUT2D eigenvalue weighted by Gasteiger charge is -2.48. The summed E-state index contributed by atoms with van der Waals surface area (Å²) in [4.78, 5) is 32.6. The van der Waals surface area contributed by atoms with Crippen LogP contribution < -0.4 is 0 Å². The molecular formula is C35H60N2O9. The standard InChI is InChI=1S/C35H60N2O9/c1-13-27-35(10,41)31-24(7)28(36-25(8)38)22(5)16-34(9,43-18-19(2)17-42-31)30(20(3)14-21(4)32(40)45-27)46-33-29(39)26(37(11)12)15-23(6)44-33/h20-24,26-27,29-31,33,39,41H,2,13-18H2,1,3-12H3/t20-,21+,22+,23+,24-,26-,27+,29+,30+,31+,33-,34+,35+/m0/s1. The number of aliphatic hydroxyl groups is 2. The van der Waals surface area contributed by atoms with Crippen molar-refractivity contribution in [1.29, 1.82) is 0 Å². The molecule has 11 nitrogen and oxygen atoms in total. The van der Waals surface area contributed by atoms with Crippen LogP contribution in [-0.2, 0) is 33.3 Å². The van der Waals surface area contributed by atoms with Gasteiger partial charge in [0.1, 0.15) is 17.8 Å². The Bertz CT molecular complexity index is 1110. The molecule has 3 fully saturated rings. The van der Waals surface area contributed by atoms with Crippen molar-refractivity contribution in [3.05, 3.63) is 12.2 Å². The van der Waals surface area contributed by atoms with Gasteiger partial charge in [0.2, 0.25) is 5.91 Å². The molecule has 0 aliphatic carbocycles. The summed E-state index contributed by atoms with van der Waals surface area (Å²) in [6.07, 6.45) is -2.70. The fourth-order valence-corrected chi connectivity index (χ4v) is 7.81. The lowest BCUT2D eigenvalue weighted by molar-refractivity contribution is -0.298. The predicted molar refractivity (Wildman–Crippen MR) is 175 cm³/mol. The van der Waals surface area contributed by atoms with E-state index in [1.54, 1.807) is 6.92 Å². The van der Waals surface area contributed by atoms with E-state index in [1.807, 2.05) is 67.5 Å². The molecule has 13 atom stereocenters. The molecule has 1 amide bonds. The summed E-state index contributed by atoms with van der Waals surface area (Å²) in [5, 5.41) is 23.5. The highest BCUT2D eigenvalue weighted by Crippen LogP contribution is 2.41. The van der Waals surface area contributed by atoms with E-state index < -0.39 is 59.7 Å². The maximum Gasteiger partial charge on any atom is 0.309 e. The van der Waals surface area contributed by atoms with Gasteiger partial charge in [-0.25, -0.2) is 4.99 Å². The van der Waals surface area contributed by atoms with E-state index in [4.69, 9.17) is 23.7 Å². The number of aliphatic imine (C=N–C) groups is 1. The molecule has 0 radical (unpaired) electrons. The second-order valence-electron chi connectivity index (χ2n) is 14.8. The molecule has 3 aliphatic rings. The second-order valence-corrected chi connectivity index (χ2v) is 14.8. The van der Waals surface area contributed by atoms with Crippen molar-refractivity contribution in [2.75, 3.05) is 27.3 Å². The Balaban J connectivity index is 2.23. The van der Waals surface area contributed by atoms with E-state index in [1.165, 1.54) is 6.92 Å². The molecule has 3 heterocycles. The topological polar surface area (TPSA) is 136 Å². The number of esters is 1. The van der Waals surface area contributed by atoms with E-state index in [0.717, 1.165) is 0 Å². The average Bonchev–Trinajstić information content (AvgIpc) is 2.97. The van der Waals surface area contributed by atoms with Crippen LogP contribution >= 0.6 is 0 Å². The zero-order chi connectivity index (χ0) is 34.7. The van der Waals surface area contributed by atoms with Crippen LogP contribution in [0.3, 0.4) is 0 Å². The first-order chi connectivity index (χ1) is 21.3. The SMILES string of the molecule is C=C1CO[C@@H]2[C@@H](C)C(=NC(C)=O)[C@H](C)C[C@@](C)(OC1)[C@H](O[C@@H]1O[C@H](C)C[C@H](N(C)C)[C@H]1O)[C@@H](C)C[C@@H](C)C(=O)O[C@H](CC)[C@@]2(C)O. The summed E-state index contributed by atoms with van der Waals surface area (Å²) in [5.41, 5.74) is -1.44. The van der Waals surface area contributed by atoms with E-state index in [9.17, 15) is 19.8 Å². The normalized spacial score (nSPS) is 44.7. The Hall–Kier alpha value is -1.73. The second kappa shape index (κ2) is 15.7. The largest absolute Gasteiger partial charge is 0.459 e. The summed E-state index contributed by atoms with van der Waals surface area (Å²) in [6.45, 7) is 20.9. The fourth-order valence-electron chi connectivity index (χ4n) is 7.81. The number of likely N-dealkylation sites (N-methyl/N-ethyl adjacent to an activating group) is 1. The number of cyclic esters (lactones) is 1. The Morgan fingerprint density at radius 3 is 2.35 bits per heavy atom. The van der Waals surface area contributed by atoms with Crippen LogP contribution in [-0.4, -0.2) is 114 Å². The highest BCUT2D eigenvalue weighted by atomic mass is 16.7. The Morgan fingerprint density at radius 1 is 1.11 bits per heavy atom. The molecule has 11 heteroatoms. The highest BCUT2D eigenvalue weighted by molar-refractivity contribution is 5.97. The first kappa shape index (κ1) is 38.7. The molecule has 2 N–H and O–H groups in total. The minimum atomic E-state index is -1.62. The van der Waals surface area contributed by atoms with Crippen molar-refractivity contribution in [1.82, 2.24) is 4.90 Å². The molecule has 0 aromatic heterocycles. The van der Waals surface area contributed by atoms with Crippen LogP contribution in [0.1, 0.15) is 88.0 Å². The van der Waals surface area contributed by atoms with Crippen LogP contribution in [0, 0.1) is 23.7 Å². The molecule has 264 valence electrons. The third-order valence-corrected chi connectivity index (χ3v) is 10.2. The van der Waals surface area contributed by atoms with Crippen molar-refractivity contribution < 1.29 is 43.5 Å². The predicted octanol–water partition coefficient (Wildman–Crippen LogP) is 3.93. The number of rotatable bonds is 4. The van der Waals surface area contributed by atoms with Crippen molar-refractivity contribution in [2.24, 2.45) is 28.7 Å². The number of amides is 1.